The Kier molecular flexibility index (Phi) is 3.00. The van der Waals surface area contributed by atoms with E-state index in [0.717, 1.165) is 29.2 Å². The van der Waals surface area contributed by atoms with Crippen molar-refractivity contribution in [3.8, 4) is 0 Å². The SMILES string of the molecule is Clc1nnc(NC2CCN(C3CC3)C2)c2ccccc12. The zero-order valence-corrected chi connectivity index (χ0v) is 12.0. The second kappa shape index (κ2) is 4.86. The highest BCUT2D eigenvalue weighted by Gasteiger charge is 2.34. The topological polar surface area (TPSA) is 41.1 Å². The number of nitrogens with one attached hydrogen (secondary N) is 1. The first-order chi connectivity index (χ1) is 9.81. The van der Waals surface area contributed by atoms with Crippen LogP contribution < -0.4 is 5.32 Å². The summed E-state index contributed by atoms with van der Waals surface area (Å²) in [5, 5.41) is 14.3. The molecule has 104 valence electrons. The van der Waals surface area contributed by atoms with Crippen LogP contribution in [0, 0.1) is 0 Å². The van der Waals surface area contributed by atoms with Crippen molar-refractivity contribution >= 4 is 28.2 Å². The second-order valence-electron chi connectivity index (χ2n) is 5.74. The van der Waals surface area contributed by atoms with E-state index in [1.807, 2.05) is 24.3 Å². The zero-order valence-electron chi connectivity index (χ0n) is 11.2. The first kappa shape index (κ1) is 12.4. The van der Waals surface area contributed by atoms with Gasteiger partial charge in [-0.25, -0.2) is 0 Å². The molecule has 1 N–H and O–H groups in total. The third-order valence-electron chi connectivity index (χ3n) is 4.27. The van der Waals surface area contributed by atoms with Crippen LogP contribution in [-0.4, -0.2) is 40.3 Å². The van der Waals surface area contributed by atoms with Crippen LogP contribution in [-0.2, 0) is 0 Å². The molecule has 2 aliphatic rings. The molecule has 1 aromatic carbocycles. The van der Waals surface area contributed by atoms with E-state index >= 15 is 0 Å². The quantitative estimate of drug-likeness (QED) is 0.943. The standard InChI is InChI=1S/C15H17ClN4/c16-14-12-3-1-2-4-13(12)15(19-18-14)17-10-7-8-20(9-10)11-5-6-11/h1-4,10-11H,5-9H2,(H,17,19). The van der Waals surface area contributed by atoms with E-state index < -0.39 is 0 Å². The minimum atomic E-state index is 0.467. The fourth-order valence-electron chi connectivity index (χ4n) is 3.05. The van der Waals surface area contributed by atoms with Gasteiger partial charge in [-0.2, -0.15) is 0 Å². The molecule has 2 fully saturated rings. The lowest BCUT2D eigenvalue weighted by Gasteiger charge is -2.17. The number of halogens is 1. The predicted molar refractivity (Wildman–Crippen MR) is 81.2 cm³/mol. The van der Waals surface area contributed by atoms with Crippen molar-refractivity contribution < 1.29 is 0 Å². The molecule has 1 atom stereocenters. The van der Waals surface area contributed by atoms with Gasteiger partial charge in [0.15, 0.2) is 11.0 Å². The summed E-state index contributed by atoms with van der Waals surface area (Å²) in [5.41, 5.74) is 0. The van der Waals surface area contributed by atoms with E-state index in [4.69, 9.17) is 11.6 Å². The molecule has 1 aromatic heterocycles. The van der Waals surface area contributed by atoms with Gasteiger partial charge in [0.25, 0.3) is 0 Å². The number of likely N-dealkylation sites (tertiary alicyclic amines) is 1. The van der Waals surface area contributed by atoms with Crippen molar-refractivity contribution in [3.05, 3.63) is 29.4 Å². The minimum Gasteiger partial charge on any atom is -0.364 e. The van der Waals surface area contributed by atoms with Crippen LogP contribution in [0.5, 0.6) is 0 Å². The average Bonchev–Trinajstić information content (AvgIpc) is 3.23. The summed E-state index contributed by atoms with van der Waals surface area (Å²) in [7, 11) is 0. The normalized spacial score (nSPS) is 23.4. The molecular formula is C15H17ClN4. The van der Waals surface area contributed by atoms with Crippen LogP contribution in [0.3, 0.4) is 0 Å². The van der Waals surface area contributed by atoms with Gasteiger partial charge in [0.2, 0.25) is 0 Å². The van der Waals surface area contributed by atoms with Gasteiger partial charge < -0.3 is 5.32 Å². The van der Waals surface area contributed by atoms with E-state index in [9.17, 15) is 0 Å². The van der Waals surface area contributed by atoms with Gasteiger partial charge in [-0.05, 0) is 19.3 Å². The summed E-state index contributed by atoms with van der Waals surface area (Å²) in [6.45, 7) is 2.31. The Bertz CT molecular complexity index is 641. The van der Waals surface area contributed by atoms with E-state index in [-0.39, 0.29) is 0 Å². The Morgan fingerprint density at radius 2 is 1.90 bits per heavy atom. The van der Waals surface area contributed by atoms with Crippen LogP contribution in [0.4, 0.5) is 5.82 Å². The van der Waals surface area contributed by atoms with Crippen LogP contribution in [0.25, 0.3) is 10.8 Å². The lowest BCUT2D eigenvalue weighted by atomic mass is 10.2. The van der Waals surface area contributed by atoms with Gasteiger partial charge in [0.05, 0.1) is 0 Å². The van der Waals surface area contributed by atoms with Gasteiger partial charge in [-0.3, -0.25) is 4.90 Å². The maximum atomic E-state index is 6.11. The summed E-state index contributed by atoms with van der Waals surface area (Å²) in [6.07, 6.45) is 3.92. The molecule has 0 bridgehead atoms. The van der Waals surface area contributed by atoms with Crippen molar-refractivity contribution in [2.75, 3.05) is 18.4 Å². The number of nitrogens with zero attached hydrogens (tertiary/aromatic N) is 3. The number of fused-ring (bicyclic) bond motifs is 1. The molecule has 1 aliphatic carbocycles. The van der Waals surface area contributed by atoms with Crippen LogP contribution in [0.15, 0.2) is 24.3 Å². The van der Waals surface area contributed by atoms with Gasteiger partial charge in [0.1, 0.15) is 0 Å². The lowest BCUT2D eigenvalue weighted by molar-refractivity contribution is 0.326. The van der Waals surface area contributed by atoms with Crippen molar-refractivity contribution in [3.63, 3.8) is 0 Å². The molecule has 1 aliphatic heterocycles. The summed E-state index contributed by atoms with van der Waals surface area (Å²) < 4.78 is 0. The van der Waals surface area contributed by atoms with Gasteiger partial charge >= 0.3 is 0 Å². The third kappa shape index (κ3) is 2.23. The lowest BCUT2D eigenvalue weighted by Crippen LogP contribution is -2.28. The number of benzene rings is 1. The first-order valence-corrected chi connectivity index (χ1v) is 7.60. The van der Waals surface area contributed by atoms with Crippen LogP contribution >= 0.6 is 11.6 Å². The summed E-state index contributed by atoms with van der Waals surface area (Å²) >= 11 is 6.11. The molecule has 4 rings (SSSR count). The Morgan fingerprint density at radius 1 is 1.10 bits per heavy atom. The maximum Gasteiger partial charge on any atom is 0.159 e. The molecule has 1 saturated carbocycles. The van der Waals surface area contributed by atoms with Gasteiger partial charge in [-0.1, -0.05) is 35.9 Å². The third-order valence-corrected chi connectivity index (χ3v) is 4.55. The van der Waals surface area contributed by atoms with Gasteiger partial charge in [-0.15, -0.1) is 10.2 Å². The molecular weight excluding hydrogens is 272 g/mol. The highest BCUT2D eigenvalue weighted by molar-refractivity contribution is 6.34. The number of hydrogen-bond acceptors (Lipinski definition) is 4. The number of anilines is 1. The number of rotatable bonds is 3. The largest absolute Gasteiger partial charge is 0.364 e. The average molecular weight is 289 g/mol. The summed E-state index contributed by atoms with van der Waals surface area (Å²) in [4.78, 5) is 2.59. The predicted octanol–water partition coefficient (Wildman–Crippen LogP) is 2.93. The van der Waals surface area contributed by atoms with Crippen LogP contribution in [0.2, 0.25) is 5.15 Å². The summed E-state index contributed by atoms with van der Waals surface area (Å²) in [6, 6.07) is 9.33. The van der Waals surface area contributed by atoms with E-state index in [1.54, 1.807) is 0 Å². The van der Waals surface area contributed by atoms with Crippen molar-refractivity contribution in [1.82, 2.24) is 15.1 Å². The molecule has 4 nitrogen and oxygen atoms in total. The Hall–Kier alpha value is -1.39. The van der Waals surface area contributed by atoms with E-state index in [2.05, 4.69) is 20.4 Å². The molecule has 0 spiro atoms. The molecule has 0 amide bonds. The fraction of sp³-hybridized carbons (Fsp3) is 0.467. The molecule has 2 aromatic rings. The minimum absolute atomic E-state index is 0.467. The molecule has 0 radical (unpaired) electrons. The maximum absolute atomic E-state index is 6.11. The van der Waals surface area contributed by atoms with Crippen molar-refractivity contribution in [1.29, 1.82) is 0 Å². The zero-order chi connectivity index (χ0) is 13.5. The second-order valence-corrected chi connectivity index (χ2v) is 6.10. The highest BCUT2D eigenvalue weighted by Crippen LogP contribution is 2.31. The fourth-order valence-corrected chi connectivity index (χ4v) is 3.25. The van der Waals surface area contributed by atoms with Crippen LogP contribution in [0.1, 0.15) is 19.3 Å². The first-order valence-electron chi connectivity index (χ1n) is 7.23. The Morgan fingerprint density at radius 3 is 2.70 bits per heavy atom. The molecule has 5 heteroatoms. The van der Waals surface area contributed by atoms with Crippen molar-refractivity contribution in [2.45, 2.75) is 31.3 Å². The smallest absolute Gasteiger partial charge is 0.159 e. The molecule has 1 saturated heterocycles. The number of aromatic nitrogens is 2. The molecule has 1 unspecified atom stereocenters. The Labute approximate surface area is 123 Å². The van der Waals surface area contributed by atoms with E-state index in [1.165, 1.54) is 25.8 Å². The number of hydrogen-bond donors (Lipinski definition) is 1. The monoisotopic (exact) mass is 288 g/mol. The summed E-state index contributed by atoms with van der Waals surface area (Å²) in [5.74, 6) is 0.854. The highest BCUT2D eigenvalue weighted by atomic mass is 35.5. The van der Waals surface area contributed by atoms with E-state index in [0.29, 0.717) is 11.2 Å². The van der Waals surface area contributed by atoms with Gasteiger partial charge in [0, 0.05) is 35.9 Å². The molecule has 2 heterocycles. The molecule has 20 heavy (non-hydrogen) atoms. The van der Waals surface area contributed by atoms with Crippen molar-refractivity contribution in [2.24, 2.45) is 0 Å². The Balaban J connectivity index is 1.58.